The Hall–Kier alpha value is -2.47. The minimum Gasteiger partial charge on any atom is -0.497 e. The van der Waals surface area contributed by atoms with Gasteiger partial charge in [0.2, 0.25) is 5.91 Å². The number of ether oxygens (including phenoxy) is 2. The van der Waals surface area contributed by atoms with Gasteiger partial charge in [0, 0.05) is 18.2 Å². The fourth-order valence-corrected chi connectivity index (χ4v) is 4.39. The van der Waals surface area contributed by atoms with E-state index in [2.05, 4.69) is 6.92 Å². The minimum atomic E-state index is 0.125. The first-order chi connectivity index (χ1) is 13.6. The van der Waals surface area contributed by atoms with Crippen molar-refractivity contribution in [2.24, 2.45) is 4.99 Å². The van der Waals surface area contributed by atoms with Crippen LogP contribution < -0.4 is 9.47 Å². The molecule has 0 spiro atoms. The summed E-state index contributed by atoms with van der Waals surface area (Å²) < 4.78 is 10.4. The number of nitrogens with zero attached hydrogens (tertiary/aromatic N) is 2. The summed E-state index contributed by atoms with van der Waals surface area (Å²) in [6, 6.07) is 15.7. The molecule has 1 saturated heterocycles. The largest absolute Gasteiger partial charge is 0.497 e. The molecule has 0 saturated carbocycles. The number of thioether (sulfide) groups is 1. The molecule has 28 heavy (non-hydrogen) atoms. The van der Waals surface area contributed by atoms with Crippen molar-refractivity contribution in [3.8, 4) is 11.5 Å². The normalized spacial score (nSPS) is 17.8. The number of aliphatic imine (C=N–C) groups is 1. The molecule has 2 aromatic rings. The third-order valence-electron chi connectivity index (χ3n) is 4.80. The monoisotopic (exact) mass is 398 g/mol. The molecule has 1 fully saturated rings. The smallest absolute Gasteiger partial charge is 0.229 e. The van der Waals surface area contributed by atoms with E-state index in [0.717, 1.165) is 40.1 Å². The van der Waals surface area contributed by atoms with Crippen LogP contribution in [0.5, 0.6) is 11.5 Å². The van der Waals surface area contributed by atoms with Crippen LogP contribution in [0.2, 0.25) is 0 Å². The van der Waals surface area contributed by atoms with Crippen LogP contribution in [0.15, 0.2) is 53.5 Å². The standard InChI is InChI=1S/C22H26N2O3S/c1-4-18-15-28-22(23-17-8-12-20(27-3)13-9-17)24(18)21(25)14-7-16-5-10-19(26-2)11-6-16/h5-6,8-13,18H,4,7,14-15H2,1-3H3/t18-/m0/s1. The van der Waals surface area contributed by atoms with E-state index < -0.39 is 0 Å². The highest BCUT2D eigenvalue weighted by Crippen LogP contribution is 2.30. The van der Waals surface area contributed by atoms with E-state index in [1.807, 2.05) is 53.4 Å². The number of carbonyl (C=O) groups excluding carboxylic acids is 1. The molecule has 148 valence electrons. The van der Waals surface area contributed by atoms with Gasteiger partial charge in [0.1, 0.15) is 11.5 Å². The van der Waals surface area contributed by atoms with Crippen LogP contribution in [0.25, 0.3) is 0 Å². The third kappa shape index (κ3) is 4.87. The van der Waals surface area contributed by atoms with Crippen LogP contribution >= 0.6 is 11.8 Å². The Morgan fingerprint density at radius 3 is 2.25 bits per heavy atom. The Balaban J connectivity index is 1.71. The SMILES string of the molecule is CC[C@H]1CSC(=Nc2ccc(OC)cc2)N1C(=O)CCc1ccc(OC)cc1. The number of amides is 1. The van der Waals surface area contributed by atoms with Crippen LogP contribution in [-0.4, -0.2) is 42.0 Å². The Bertz CT molecular complexity index is 819. The van der Waals surface area contributed by atoms with Gasteiger partial charge in [-0.1, -0.05) is 30.8 Å². The Kier molecular flexibility index (Phi) is 6.98. The van der Waals surface area contributed by atoms with Crippen LogP contribution in [0, 0.1) is 0 Å². The number of amidine groups is 1. The van der Waals surface area contributed by atoms with Crippen LogP contribution in [-0.2, 0) is 11.2 Å². The summed E-state index contributed by atoms with van der Waals surface area (Å²) >= 11 is 1.65. The predicted octanol–water partition coefficient (Wildman–Crippen LogP) is 4.68. The van der Waals surface area contributed by atoms with Crippen molar-refractivity contribution in [1.29, 1.82) is 0 Å². The van der Waals surface area contributed by atoms with Crippen LogP contribution in [0.1, 0.15) is 25.3 Å². The lowest BCUT2D eigenvalue weighted by Crippen LogP contribution is -2.39. The van der Waals surface area contributed by atoms with Gasteiger partial charge in [-0.05, 0) is 54.8 Å². The fraction of sp³-hybridized carbons (Fsp3) is 0.364. The van der Waals surface area contributed by atoms with Crippen LogP contribution in [0.4, 0.5) is 5.69 Å². The zero-order valence-electron chi connectivity index (χ0n) is 16.6. The average molecular weight is 399 g/mol. The molecule has 1 aliphatic rings. The summed E-state index contributed by atoms with van der Waals surface area (Å²) in [5.74, 6) is 2.63. The first-order valence-electron chi connectivity index (χ1n) is 9.45. The molecule has 0 aliphatic carbocycles. The van der Waals surface area contributed by atoms with Gasteiger partial charge < -0.3 is 9.47 Å². The molecule has 0 aromatic heterocycles. The molecule has 1 atom stereocenters. The average Bonchev–Trinajstić information content (AvgIpc) is 3.15. The van der Waals surface area contributed by atoms with Gasteiger partial charge in [-0.3, -0.25) is 9.69 Å². The van der Waals surface area contributed by atoms with Crippen molar-refractivity contribution >= 4 is 28.5 Å². The molecule has 0 unspecified atom stereocenters. The molecule has 0 radical (unpaired) electrons. The lowest BCUT2D eigenvalue weighted by molar-refractivity contribution is -0.128. The second kappa shape index (κ2) is 9.64. The van der Waals surface area contributed by atoms with E-state index in [9.17, 15) is 4.79 Å². The maximum Gasteiger partial charge on any atom is 0.229 e. The molecule has 1 amide bonds. The quantitative estimate of drug-likeness (QED) is 0.680. The van der Waals surface area contributed by atoms with Gasteiger partial charge in [-0.25, -0.2) is 4.99 Å². The van der Waals surface area contributed by atoms with E-state index in [1.165, 1.54) is 0 Å². The molecule has 2 aromatic carbocycles. The van der Waals surface area contributed by atoms with Gasteiger partial charge in [0.05, 0.1) is 19.9 Å². The number of rotatable bonds is 7. The van der Waals surface area contributed by atoms with Crippen molar-refractivity contribution < 1.29 is 14.3 Å². The second-order valence-corrected chi connectivity index (χ2v) is 7.56. The highest BCUT2D eigenvalue weighted by Gasteiger charge is 2.33. The topological polar surface area (TPSA) is 51.1 Å². The fourth-order valence-electron chi connectivity index (χ4n) is 3.10. The summed E-state index contributed by atoms with van der Waals surface area (Å²) in [6.45, 7) is 2.12. The molecule has 1 aliphatic heterocycles. The highest BCUT2D eigenvalue weighted by molar-refractivity contribution is 8.14. The lowest BCUT2D eigenvalue weighted by Gasteiger charge is -2.23. The molecule has 5 nitrogen and oxygen atoms in total. The summed E-state index contributed by atoms with van der Waals surface area (Å²) in [6.07, 6.45) is 2.09. The molecular weight excluding hydrogens is 372 g/mol. The number of aryl methyl sites for hydroxylation is 1. The van der Waals surface area contributed by atoms with Gasteiger partial charge in [0.25, 0.3) is 0 Å². The number of methoxy groups -OCH3 is 2. The summed E-state index contributed by atoms with van der Waals surface area (Å²) in [7, 11) is 3.29. The molecule has 1 heterocycles. The van der Waals surface area contributed by atoms with E-state index in [1.54, 1.807) is 26.0 Å². The Labute approximate surface area is 170 Å². The first-order valence-corrected chi connectivity index (χ1v) is 10.4. The molecule has 0 bridgehead atoms. The highest BCUT2D eigenvalue weighted by atomic mass is 32.2. The summed E-state index contributed by atoms with van der Waals surface area (Å²) in [4.78, 5) is 19.6. The first kappa shape index (κ1) is 20.3. The van der Waals surface area contributed by atoms with E-state index >= 15 is 0 Å². The molecule has 0 N–H and O–H groups in total. The van der Waals surface area contributed by atoms with Gasteiger partial charge >= 0.3 is 0 Å². The zero-order chi connectivity index (χ0) is 19.9. The molecule has 6 heteroatoms. The Morgan fingerprint density at radius 2 is 1.68 bits per heavy atom. The van der Waals surface area contributed by atoms with Gasteiger partial charge in [0.15, 0.2) is 5.17 Å². The lowest BCUT2D eigenvalue weighted by atomic mass is 10.1. The van der Waals surface area contributed by atoms with Crippen molar-refractivity contribution in [3.05, 3.63) is 54.1 Å². The van der Waals surface area contributed by atoms with E-state index in [-0.39, 0.29) is 11.9 Å². The van der Waals surface area contributed by atoms with E-state index in [4.69, 9.17) is 14.5 Å². The second-order valence-electron chi connectivity index (χ2n) is 6.58. The third-order valence-corrected chi connectivity index (χ3v) is 5.90. The van der Waals surface area contributed by atoms with Crippen molar-refractivity contribution in [3.63, 3.8) is 0 Å². The number of benzene rings is 2. The predicted molar refractivity (Wildman–Crippen MR) is 115 cm³/mol. The number of carbonyl (C=O) groups is 1. The van der Waals surface area contributed by atoms with Crippen molar-refractivity contribution in [1.82, 2.24) is 4.90 Å². The number of hydrogen-bond donors (Lipinski definition) is 0. The van der Waals surface area contributed by atoms with Crippen LogP contribution in [0.3, 0.4) is 0 Å². The van der Waals surface area contributed by atoms with Gasteiger partial charge in [-0.2, -0.15) is 0 Å². The zero-order valence-corrected chi connectivity index (χ0v) is 17.4. The summed E-state index contributed by atoms with van der Waals surface area (Å²) in [5.41, 5.74) is 1.95. The van der Waals surface area contributed by atoms with E-state index in [0.29, 0.717) is 12.8 Å². The minimum absolute atomic E-state index is 0.125. The van der Waals surface area contributed by atoms with Gasteiger partial charge in [-0.15, -0.1) is 0 Å². The van der Waals surface area contributed by atoms with Crippen molar-refractivity contribution in [2.45, 2.75) is 32.2 Å². The maximum atomic E-state index is 13.0. The van der Waals surface area contributed by atoms with Crippen molar-refractivity contribution in [2.75, 3.05) is 20.0 Å². The Morgan fingerprint density at radius 1 is 1.07 bits per heavy atom. The summed E-state index contributed by atoms with van der Waals surface area (Å²) in [5, 5.41) is 0.789. The molecule has 3 rings (SSSR count). The molecular formula is C22H26N2O3S. The number of hydrogen-bond acceptors (Lipinski definition) is 5. The maximum absolute atomic E-state index is 13.0.